The van der Waals surface area contributed by atoms with Gasteiger partial charge in [0.15, 0.2) is 0 Å². The van der Waals surface area contributed by atoms with E-state index in [1.165, 1.54) is 4.90 Å². The minimum Gasteiger partial charge on any atom is -0.444 e. The van der Waals surface area contributed by atoms with Crippen molar-refractivity contribution in [2.45, 2.75) is 76.7 Å². The molecule has 0 saturated carbocycles. The van der Waals surface area contributed by atoms with Crippen LogP contribution in [0.25, 0.3) is 0 Å². The third-order valence-electron chi connectivity index (χ3n) is 6.62. The molecule has 3 aliphatic heterocycles. The number of benzene rings is 1. The Morgan fingerprint density at radius 3 is 2.47 bits per heavy atom. The van der Waals surface area contributed by atoms with Gasteiger partial charge in [-0.05, 0) is 57.7 Å². The molecule has 3 saturated heterocycles. The Labute approximate surface area is 222 Å². The van der Waals surface area contributed by atoms with E-state index in [1.54, 1.807) is 4.90 Å². The summed E-state index contributed by atoms with van der Waals surface area (Å²) in [5.74, 6) is 5.47. The quantitative estimate of drug-likeness (QED) is 0.357. The first kappa shape index (κ1) is 27.5. The number of hydrogen-bond acceptors (Lipinski definition) is 7. The maximum absolute atomic E-state index is 12.3. The number of carbonyl (C=O) groups is 4. The molecule has 1 unspecified atom stereocenters. The summed E-state index contributed by atoms with van der Waals surface area (Å²) >= 11 is 0. The Hall–Kier alpha value is -3.58. The highest BCUT2D eigenvalue weighted by atomic mass is 16.6. The molecular weight excluding hydrogens is 490 g/mol. The number of carbonyl (C=O) groups excluding carboxylic acids is 4. The summed E-state index contributed by atoms with van der Waals surface area (Å²) in [7, 11) is 0. The average molecular weight is 526 g/mol. The minimum atomic E-state index is -0.685. The van der Waals surface area contributed by atoms with Crippen molar-refractivity contribution in [2.75, 3.05) is 26.2 Å². The highest BCUT2D eigenvalue weighted by molar-refractivity contribution is 6.01. The van der Waals surface area contributed by atoms with Crippen molar-refractivity contribution in [1.82, 2.24) is 15.1 Å². The summed E-state index contributed by atoms with van der Waals surface area (Å²) in [6.45, 7) is 7.61. The van der Waals surface area contributed by atoms with Crippen LogP contribution in [0.3, 0.4) is 0 Å². The Kier molecular flexibility index (Phi) is 8.57. The monoisotopic (exact) mass is 525 g/mol. The van der Waals surface area contributed by atoms with E-state index in [1.807, 2.05) is 45.0 Å². The minimum absolute atomic E-state index is 0.114. The van der Waals surface area contributed by atoms with E-state index in [0.717, 1.165) is 24.0 Å². The van der Waals surface area contributed by atoms with E-state index < -0.39 is 29.7 Å². The van der Waals surface area contributed by atoms with Crippen LogP contribution in [0.5, 0.6) is 0 Å². The fraction of sp³-hybridized carbons (Fsp3) is 0.571. The average Bonchev–Trinajstić information content (AvgIpc) is 3.24. The zero-order valence-electron chi connectivity index (χ0n) is 22.2. The number of nitrogens with zero attached hydrogens (tertiary/aromatic N) is 2. The van der Waals surface area contributed by atoms with E-state index in [-0.39, 0.29) is 31.1 Å². The normalized spacial score (nSPS) is 22.4. The van der Waals surface area contributed by atoms with Crippen LogP contribution in [0.4, 0.5) is 9.59 Å². The third-order valence-corrected chi connectivity index (χ3v) is 6.62. The predicted molar refractivity (Wildman–Crippen MR) is 137 cm³/mol. The van der Waals surface area contributed by atoms with Gasteiger partial charge in [0, 0.05) is 31.5 Å². The number of ether oxygens (including phenoxy) is 3. The largest absolute Gasteiger partial charge is 0.444 e. The van der Waals surface area contributed by atoms with Crippen molar-refractivity contribution in [3.05, 3.63) is 35.4 Å². The predicted octanol–water partition coefficient (Wildman–Crippen LogP) is 3.14. The lowest BCUT2D eigenvalue weighted by Gasteiger charge is -2.33. The maximum atomic E-state index is 12.3. The smallest absolute Gasteiger partial charge is 0.411 e. The summed E-state index contributed by atoms with van der Waals surface area (Å²) in [6, 6.07) is 6.79. The van der Waals surface area contributed by atoms with Gasteiger partial charge in [-0.25, -0.2) is 9.59 Å². The number of imide groups is 1. The molecule has 4 rings (SSSR count). The molecule has 10 heteroatoms. The lowest BCUT2D eigenvalue weighted by Crippen LogP contribution is -2.52. The molecule has 1 N–H and O–H groups in total. The number of amides is 4. The molecule has 0 spiro atoms. The van der Waals surface area contributed by atoms with Crippen LogP contribution in [0.2, 0.25) is 0 Å². The third kappa shape index (κ3) is 7.25. The van der Waals surface area contributed by atoms with Crippen molar-refractivity contribution in [3.8, 4) is 11.8 Å². The number of hydrogen-bond donors (Lipinski definition) is 1. The molecule has 204 valence electrons. The first-order valence-corrected chi connectivity index (χ1v) is 13.1. The van der Waals surface area contributed by atoms with Crippen LogP contribution in [0, 0.1) is 11.8 Å². The number of nitrogens with one attached hydrogen (secondary N) is 1. The molecule has 38 heavy (non-hydrogen) atoms. The first-order valence-electron chi connectivity index (χ1n) is 13.1. The van der Waals surface area contributed by atoms with Crippen LogP contribution in [-0.2, 0) is 23.8 Å². The first-order chi connectivity index (χ1) is 18.1. The summed E-state index contributed by atoms with van der Waals surface area (Å²) in [5, 5.41) is 2.28. The molecule has 4 amide bonds. The molecule has 1 aromatic rings. The van der Waals surface area contributed by atoms with Crippen LogP contribution < -0.4 is 5.32 Å². The summed E-state index contributed by atoms with van der Waals surface area (Å²) < 4.78 is 16.8. The Morgan fingerprint density at radius 2 is 1.82 bits per heavy atom. The van der Waals surface area contributed by atoms with Gasteiger partial charge in [0.1, 0.15) is 17.7 Å². The lowest BCUT2D eigenvalue weighted by atomic mass is 10.0. The molecule has 3 aliphatic rings. The van der Waals surface area contributed by atoms with Crippen molar-refractivity contribution < 1.29 is 33.4 Å². The molecule has 3 heterocycles. The van der Waals surface area contributed by atoms with Gasteiger partial charge in [0.2, 0.25) is 11.8 Å². The van der Waals surface area contributed by atoms with E-state index in [0.29, 0.717) is 32.5 Å². The van der Waals surface area contributed by atoms with Gasteiger partial charge in [0.25, 0.3) is 0 Å². The number of rotatable bonds is 5. The van der Waals surface area contributed by atoms with E-state index in [4.69, 9.17) is 14.2 Å². The second kappa shape index (κ2) is 11.9. The van der Waals surface area contributed by atoms with Crippen molar-refractivity contribution in [3.63, 3.8) is 0 Å². The van der Waals surface area contributed by atoms with Gasteiger partial charge in [-0.2, -0.15) is 0 Å². The van der Waals surface area contributed by atoms with Crippen molar-refractivity contribution in [2.24, 2.45) is 0 Å². The summed E-state index contributed by atoms with van der Waals surface area (Å²) in [4.78, 5) is 51.1. The van der Waals surface area contributed by atoms with Crippen molar-refractivity contribution >= 4 is 24.0 Å². The zero-order chi connectivity index (χ0) is 27.3. The summed E-state index contributed by atoms with van der Waals surface area (Å²) in [5.41, 5.74) is 1.16. The molecule has 0 radical (unpaired) electrons. The van der Waals surface area contributed by atoms with Gasteiger partial charge in [0.05, 0.1) is 19.3 Å². The van der Waals surface area contributed by atoms with Crippen LogP contribution in [0.1, 0.15) is 70.1 Å². The Balaban J connectivity index is 1.18. The zero-order valence-corrected chi connectivity index (χ0v) is 22.2. The van der Waals surface area contributed by atoms with Gasteiger partial charge >= 0.3 is 12.2 Å². The molecule has 10 nitrogen and oxygen atoms in total. The highest BCUT2D eigenvalue weighted by Crippen LogP contribution is 2.29. The fourth-order valence-electron chi connectivity index (χ4n) is 4.64. The van der Waals surface area contributed by atoms with Crippen LogP contribution >= 0.6 is 0 Å². The second-order valence-corrected chi connectivity index (χ2v) is 10.7. The number of cyclic esters (lactones) is 1. The van der Waals surface area contributed by atoms with E-state index in [9.17, 15) is 19.2 Å². The number of likely N-dealkylation sites (tertiary alicyclic amines) is 1. The molecule has 0 bridgehead atoms. The lowest BCUT2D eigenvalue weighted by molar-refractivity contribution is -0.136. The maximum Gasteiger partial charge on any atom is 0.411 e. The Bertz CT molecular complexity index is 1110. The topological polar surface area (TPSA) is 114 Å². The SMILES string of the molecule is CC(C)(C)OC(=O)N1CCC(OCCC#Cc2ccc([C@H]3CN(C4CCC(=O)NC4=O)C(=O)O3)cc2)CC1. The molecule has 0 aliphatic carbocycles. The van der Waals surface area contributed by atoms with Crippen LogP contribution in [-0.4, -0.2) is 77.8 Å². The van der Waals surface area contributed by atoms with E-state index in [2.05, 4.69) is 17.2 Å². The highest BCUT2D eigenvalue weighted by Gasteiger charge is 2.41. The second-order valence-electron chi connectivity index (χ2n) is 10.7. The molecule has 2 atom stereocenters. The summed E-state index contributed by atoms with van der Waals surface area (Å²) in [6.07, 6.45) is 1.46. The van der Waals surface area contributed by atoms with Gasteiger partial charge in [-0.15, -0.1) is 0 Å². The van der Waals surface area contributed by atoms with Gasteiger partial charge in [-0.3, -0.25) is 19.8 Å². The molecule has 0 aromatic heterocycles. The number of piperidine rings is 2. The van der Waals surface area contributed by atoms with Crippen molar-refractivity contribution in [1.29, 1.82) is 0 Å². The van der Waals surface area contributed by atoms with Crippen LogP contribution in [0.15, 0.2) is 24.3 Å². The standard InChI is InChI=1S/C28H35N3O7/c1-28(2,3)38-26(34)30-15-13-21(14-16-30)36-17-5-4-6-19-7-9-20(10-8-19)23-18-31(27(35)37-23)22-11-12-24(32)29-25(22)33/h7-10,21-23H,5,11-18H2,1-3H3,(H,29,32,33)/t22?,23-/m1/s1. The molecular formula is C28H35N3O7. The molecule has 3 fully saturated rings. The van der Waals surface area contributed by atoms with Gasteiger partial charge in [-0.1, -0.05) is 24.0 Å². The fourth-order valence-corrected chi connectivity index (χ4v) is 4.64. The van der Waals surface area contributed by atoms with Gasteiger partial charge < -0.3 is 19.1 Å². The Morgan fingerprint density at radius 1 is 1.11 bits per heavy atom. The molecule has 1 aromatic carbocycles. The van der Waals surface area contributed by atoms with E-state index >= 15 is 0 Å².